The van der Waals surface area contributed by atoms with Gasteiger partial charge < -0.3 is 10.6 Å². The number of carbonyl (C=O) groups excluding carboxylic acids is 1. The predicted octanol–water partition coefficient (Wildman–Crippen LogP) is 2.53. The molecule has 1 fully saturated rings. The van der Waals surface area contributed by atoms with Gasteiger partial charge in [0.2, 0.25) is 0 Å². The Bertz CT molecular complexity index is 578. The number of hydrogen-bond acceptors (Lipinski definition) is 4. The van der Waals surface area contributed by atoms with Crippen molar-refractivity contribution in [3.05, 3.63) is 46.4 Å². The molecular formula is C14H15N3OS. The van der Waals surface area contributed by atoms with Gasteiger partial charge in [0.25, 0.3) is 5.91 Å². The number of anilines is 1. The van der Waals surface area contributed by atoms with E-state index in [-0.39, 0.29) is 5.91 Å². The molecule has 0 bridgehead atoms. The standard InChI is InChI=1S/C14H15N3OS/c15-12-4-2-1-3-10(12)7-17(11-5-6-11)14(18)13-8-19-9-16-13/h1-4,8-9,11H,5-7,15H2. The van der Waals surface area contributed by atoms with E-state index < -0.39 is 0 Å². The van der Waals surface area contributed by atoms with Crippen molar-refractivity contribution in [2.24, 2.45) is 0 Å². The van der Waals surface area contributed by atoms with Crippen LogP contribution in [-0.2, 0) is 6.54 Å². The van der Waals surface area contributed by atoms with E-state index in [4.69, 9.17) is 5.73 Å². The Labute approximate surface area is 115 Å². The van der Waals surface area contributed by atoms with Gasteiger partial charge in [-0.3, -0.25) is 4.79 Å². The first kappa shape index (κ1) is 12.2. The van der Waals surface area contributed by atoms with Gasteiger partial charge in [-0.2, -0.15) is 0 Å². The lowest BCUT2D eigenvalue weighted by molar-refractivity contribution is 0.0725. The molecule has 98 valence electrons. The number of rotatable bonds is 4. The number of nitrogens with two attached hydrogens (primary N) is 1. The first-order valence-electron chi connectivity index (χ1n) is 6.28. The Balaban J connectivity index is 1.82. The number of para-hydroxylation sites is 1. The first-order chi connectivity index (χ1) is 9.25. The number of thiazole rings is 1. The van der Waals surface area contributed by atoms with Gasteiger partial charge in [-0.1, -0.05) is 18.2 Å². The van der Waals surface area contributed by atoms with Crippen LogP contribution in [0.1, 0.15) is 28.9 Å². The van der Waals surface area contributed by atoms with Crippen molar-refractivity contribution in [2.45, 2.75) is 25.4 Å². The number of nitrogen functional groups attached to an aromatic ring is 1. The number of carbonyl (C=O) groups is 1. The average Bonchev–Trinajstić information content (AvgIpc) is 3.11. The van der Waals surface area contributed by atoms with Gasteiger partial charge in [0, 0.05) is 23.7 Å². The van der Waals surface area contributed by atoms with Crippen molar-refractivity contribution in [2.75, 3.05) is 5.73 Å². The second-order valence-electron chi connectivity index (χ2n) is 4.74. The molecule has 0 unspecified atom stereocenters. The second-order valence-corrected chi connectivity index (χ2v) is 5.46. The van der Waals surface area contributed by atoms with E-state index in [1.54, 1.807) is 10.9 Å². The fourth-order valence-corrected chi connectivity index (χ4v) is 2.61. The van der Waals surface area contributed by atoms with Crippen LogP contribution in [0.25, 0.3) is 0 Å². The van der Waals surface area contributed by atoms with E-state index in [0.29, 0.717) is 18.3 Å². The SMILES string of the molecule is Nc1ccccc1CN(C(=O)c1cscn1)C1CC1. The van der Waals surface area contributed by atoms with Crippen LogP contribution in [0.2, 0.25) is 0 Å². The van der Waals surface area contributed by atoms with Crippen molar-refractivity contribution in [3.8, 4) is 0 Å². The van der Waals surface area contributed by atoms with E-state index >= 15 is 0 Å². The second kappa shape index (κ2) is 5.01. The van der Waals surface area contributed by atoms with E-state index in [1.807, 2.05) is 29.2 Å². The summed E-state index contributed by atoms with van der Waals surface area (Å²) in [7, 11) is 0. The van der Waals surface area contributed by atoms with Crippen LogP contribution >= 0.6 is 11.3 Å². The summed E-state index contributed by atoms with van der Waals surface area (Å²) in [5, 5.41) is 1.80. The molecule has 0 atom stereocenters. The fraction of sp³-hybridized carbons (Fsp3) is 0.286. The first-order valence-corrected chi connectivity index (χ1v) is 7.22. The van der Waals surface area contributed by atoms with Gasteiger partial charge in [0.15, 0.2) is 0 Å². The molecule has 19 heavy (non-hydrogen) atoms. The molecule has 1 aromatic carbocycles. The van der Waals surface area contributed by atoms with Crippen LogP contribution in [0.3, 0.4) is 0 Å². The molecule has 1 saturated carbocycles. The highest BCUT2D eigenvalue weighted by Gasteiger charge is 2.33. The Morgan fingerprint density at radius 2 is 2.21 bits per heavy atom. The summed E-state index contributed by atoms with van der Waals surface area (Å²) in [4.78, 5) is 18.4. The highest BCUT2D eigenvalue weighted by molar-refractivity contribution is 7.07. The number of nitrogens with zero attached hydrogens (tertiary/aromatic N) is 2. The van der Waals surface area contributed by atoms with Gasteiger partial charge >= 0.3 is 0 Å². The van der Waals surface area contributed by atoms with Crippen molar-refractivity contribution < 1.29 is 4.79 Å². The third-order valence-electron chi connectivity index (χ3n) is 3.30. The molecular weight excluding hydrogens is 258 g/mol. The maximum Gasteiger partial charge on any atom is 0.273 e. The lowest BCUT2D eigenvalue weighted by Gasteiger charge is -2.22. The normalized spacial score (nSPS) is 14.3. The summed E-state index contributed by atoms with van der Waals surface area (Å²) in [5.41, 5.74) is 9.91. The van der Waals surface area contributed by atoms with Crippen molar-refractivity contribution in [1.29, 1.82) is 0 Å². The molecule has 0 spiro atoms. The van der Waals surface area contributed by atoms with Gasteiger partial charge in [-0.15, -0.1) is 11.3 Å². The summed E-state index contributed by atoms with van der Waals surface area (Å²) in [6.45, 7) is 0.563. The Kier molecular flexibility index (Phi) is 3.21. The minimum atomic E-state index is 0.00648. The lowest BCUT2D eigenvalue weighted by atomic mass is 10.1. The maximum atomic E-state index is 12.4. The van der Waals surface area contributed by atoms with Crippen molar-refractivity contribution in [3.63, 3.8) is 0 Å². The Morgan fingerprint density at radius 1 is 1.42 bits per heavy atom. The molecule has 1 aliphatic carbocycles. The summed E-state index contributed by atoms with van der Waals surface area (Å²) in [5.74, 6) is 0.00648. The highest BCUT2D eigenvalue weighted by Crippen LogP contribution is 2.30. The van der Waals surface area contributed by atoms with Gasteiger partial charge in [-0.25, -0.2) is 4.98 Å². The zero-order valence-corrected chi connectivity index (χ0v) is 11.3. The summed E-state index contributed by atoms with van der Waals surface area (Å²) in [6.07, 6.45) is 2.14. The van der Waals surface area contributed by atoms with Crippen LogP contribution in [-0.4, -0.2) is 21.8 Å². The van der Waals surface area contributed by atoms with Crippen molar-refractivity contribution >= 4 is 22.9 Å². The van der Waals surface area contributed by atoms with E-state index in [2.05, 4.69) is 4.98 Å². The van der Waals surface area contributed by atoms with Gasteiger partial charge in [0.1, 0.15) is 5.69 Å². The fourth-order valence-electron chi connectivity index (χ4n) is 2.08. The summed E-state index contributed by atoms with van der Waals surface area (Å²) >= 11 is 1.44. The zero-order valence-electron chi connectivity index (χ0n) is 10.5. The predicted molar refractivity (Wildman–Crippen MR) is 75.9 cm³/mol. The van der Waals surface area contributed by atoms with Crippen LogP contribution in [0.15, 0.2) is 35.2 Å². The average molecular weight is 273 g/mol. The molecule has 0 radical (unpaired) electrons. The number of amides is 1. The topological polar surface area (TPSA) is 59.2 Å². The zero-order chi connectivity index (χ0) is 13.2. The molecule has 3 rings (SSSR count). The van der Waals surface area contributed by atoms with E-state index in [1.165, 1.54) is 11.3 Å². The molecule has 2 aromatic rings. The summed E-state index contributed by atoms with van der Waals surface area (Å²) in [6, 6.07) is 8.04. The quantitative estimate of drug-likeness (QED) is 0.871. The third kappa shape index (κ3) is 2.61. The summed E-state index contributed by atoms with van der Waals surface area (Å²) < 4.78 is 0. The van der Waals surface area contributed by atoms with Gasteiger partial charge in [0.05, 0.1) is 5.51 Å². The van der Waals surface area contributed by atoms with Gasteiger partial charge in [-0.05, 0) is 24.5 Å². The van der Waals surface area contributed by atoms with Crippen LogP contribution < -0.4 is 5.73 Å². The van der Waals surface area contributed by atoms with E-state index in [0.717, 1.165) is 24.1 Å². The third-order valence-corrected chi connectivity index (χ3v) is 3.88. The molecule has 1 heterocycles. The molecule has 5 heteroatoms. The maximum absolute atomic E-state index is 12.4. The molecule has 2 N–H and O–H groups in total. The smallest absolute Gasteiger partial charge is 0.273 e. The molecule has 1 aliphatic rings. The number of benzene rings is 1. The lowest BCUT2D eigenvalue weighted by Crippen LogP contribution is -2.33. The molecule has 4 nitrogen and oxygen atoms in total. The largest absolute Gasteiger partial charge is 0.398 e. The van der Waals surface area contributed by atoms with Crippen LogP contribution in [0.4, 0.5) is 5.69 Å². The Hall–Kier alpha value is -1.88. The molecule has 0 saturated heterocycles. The van der Waals surface area contributed by atoms with Crippen LogP contribution in [0.5, 0.6) is 0 Å². The minimum Gasteiger partial charge on any atom is -0.398 e. The van der Waals surface area contributed by atoms with Crippen molar-refractivity contribution in [1.82, 2.24) is 9.88 Å². The number of hydrogen-bond donors (Lipinski definition) is 1. The molecule has 1 aromatic heterocycles. The molecule has 1 amide bonds. The van der Waals surface area contributed by atoms with Crippen LogP contribution in [0, 0.1) is 0 Å². The Morgan fingerprint density at radius 3 is 2.84 bits per heavy atom. The highest BCUT2D eigenvalue weighted by atomic mass is 32.1. The number of aromatic nitrogens is 1. The van der Waals surface area contributed by atoms with E-state index in [9.17, 15) is 4.79 Å². The minimum absolute atomic E-state index is 0.00648. The monoisotopic (exact) mass is 273 g/mol. The molecule has 0 aliphatic heterocycles.